The summed E-state index contributed by atoms with van der Waals surface area (Å²) in [5.41, 5.74) is 4.70. The molecule has 9 heteroatoms. The first kappa shape index (κ1) is 27.8. The molecule has 0 fully saturated rings. The normalized spacial score (nSPS) is 15.2. The van der Waals surface area contributed by atoms with Gasteiger partial charge in [-0.2, -0.15) is 13.2 Å². The summed E-state index contributed by atoms with van der Waals surface area (Å²) in [6, 6.07) is 7.05. The Morgan fingerprint density at radius 1 is 1.16 bits per heavy atom. The molecule has 0 saturated heterocycles. The van der Waals surface area contributed by atoms with Gasteiger partial charge in [-0.15, -0.1) is 0 Å². The number of halogens is 3. The molecule has 3 aromatic rings. The number of rotatable bonds is 6. The molecule has 6 nitrogen and oxygen atoms in total. The van der Waals surface area contributed by atoms with E-state index in [0.29, 0.717) is 52.1 Å². The third-order valence-corrected chi connectivity index (χ3v) is 6.35. The lowest BCUT2D eigenvalue weighted by molar-refractivity contribution is -0.177. The van der Waals surface area contributed by atoms with Gasteiger partial charge in [0.05, 0.1) is 34.4 Å². The number of aromatic nitrogens is 4. The second kappa shape index (κ2) is 11.1. The highest BCUT2D eigenvalue weighted by Gasteiger charge is 2.42. The Morgan fingerprint density at radius 3 is 2.49 bits per heavy atom. The van der Waals surface area contributed by atoms with E-state index in [0.717, 1.165) is 5.56 Å². The Labute approximate surface area is 215 Å². The van der Waals surface area contributed by atoms with Gasteiger partial charge in [0, 0.05) is 23.9 Å². The zero-order valence-corrected chi connectivity index (χ0v) is 20.5. The minimum absolute atomic E-state index is 0. The molecular formula is C28H32F3N5O. The first-order valence-electron chi connectivity index (χ1n) is 11.8. The van der Waals surface area contributed by atoms with E-state index in [1.54, 1.807) is 54.1 Å². The van der Waals surface area contributed by atoms with Gasteiger partial charge < -0.3 is 5.32 Å². The number of nitrogens with one attached hydrogen (secondary N) is 1. The Balaban J connectivity index is 0.00000380. The maximum atomic E-state index is 13.2. The van der Waals surface area contributed by atoms with Crippen LogP contribution in [0, 0.1) is 19.8 Å². The lowest BCUT2D eigenvalue weighted by Gasteiger charge is -2.26. The standard InChI is InChI=1S/C27H28F3N5O.CH4/c1-5-7-14-35-17(4)32-21(6-2)25(35)26(36)33-20-11-8-18(9-12-20)24-16(3)31-22-13-10-19(27(28,29)30)15-23(22)34-24;/h5,7-9,11-12,14,19H,1,6,10,13,15H2,2-4H3,(H,33,36);1H4/b14-7-;. The van der Waals surface area contributed by atoms with E-state index in [1.807, 2.05) is 13.8 Å². The number of anilines is 1. The highest BCUT2D eigenvalue weighted by molar-refractivity contribution is 6.04. The second-order valence-electron chi connectivity index (χ2n) is 8.82. The molecule has 2 aromatic heterocycles. The van der Waals surface area contributed by atoms with E-state index < -0.39 is 12.1 Å². The minimum atomic E-state index is -4.24. The van der Waals surface area contributed by atoms with Crippen LogP contribution in [0.25, 0.3) is 17.5 Å². The summed E-state index contributed by atoms with van der Waals surface area (Å²) in [5.74, 6) is -0.990. The smallest absolute Gasteiger partial charge is 0.321 e. The van der Waals surface area contributed by atoms with Gasteiger partial charge >= 0.3 is 6.18 Å². The van der Waals surface area contributed by atoms with Crippen molar-refractivity contribution in [2.45, 2.75) is 60.1 Å². The van der Waals surface area contributed by atoms with Crippen molar-refractivity contribution >= 4 is 17.8 Å². The number of alkyl halides is 3. The number of amides is 1. The highest BCUT2D eigenvalue weighted by Crippen LogP contribution is 2.37. The van der Waals surface area contributed by atoms with Crippen LogP contribution >= 0.6 is 0 Å². The van der Waals surface area contributed by atoms with Crippen molar-refractivity contribution in [3.05, 3.63) is 77.3 Å². The summed E-state index contributed by atoms with van der Waals surface area (Å²) < 4.78 is 41.5. The Kier molecular flexibility index (Phi) is 8.35. The summed E-state index contributed by atoms with van der Waals surface area (Å²) >= 11 is 0. The number of carbonyl (C=O) groups excluding carboxylic acids is 1. The Morgan fingerprint density at radius 2 is 1.86 bits per heavy atom. The molecule has 1 unspecified atom stereocenters. The second-order valence-corrected chi connectivity index (χ2v) is 8.82. The fraction of sp³-hybridized carbons (Fsp3) is 0.357. The summed E-state index contributed by atoms with van der Waals surface area (Å²) in [6.45, 7) is 9.25. The van der Waals surface area contributed by atoms with Crippen molar-refractivity contribution in [3.63, 3.8) is 0 Å². The van der Waals surface area contributed by atoms with E-state index in [2.05, 4.69) is 26.8 Å². The van der Waals surface area contributed by atoms with E-state index in [-0.39, 0.29) is 32.6 Å². The van der Waals surface area contributed by atoms with Crippen molar-refractivity contribution in [2.24, 2.45) is 5.92 Å². The summed E-state index contributed by atoms with van der Waals surface area (Å²) in [4.78, 5) is 26.7. The summed E-state index contributed by atoms with van der Waals surface area (Å²) in [6.07, 6.45) is 1.63. The molecule has 1 aromatic carbocycles. The molecule has 1 aliphatic carbocycles. The van der Waals surface area contributed by atoms with Crippen LogP contribution in [0.3, 0.4) is 0 Å². The lowest BCUT2D eigenvalue weighted by Crippen LogP contribution is -2.30. The topological polar surface area (TPSA) is 72.7 Å². The first-order chi connectivity index (χ1) is 17.1. The van der Waals surface area contributed by atoms with Gasteiger partial charge in [-0.05, 0) is 51.3 Å². The minimum Gasteiger partial charge on any atom is -0.321 e. The number of allylic oxidation sites excluding steroid dienone is 2. The number of benzene rings is 1. The number of hydrogen-bond donors (Lipinski definition) is 1. The number of imidazole rings is 1. The molecule has 0 bridgehead atoms. The molecule has 1 atom stereocenters. The van der Waals surface area contributed by atoms with Gasteiger partial charge in [0.1, 0.15) is 11.5 Å². The third-order valence-electron chi connectivity index (χ3n) is 6.35. The fourth-order valence-corrected chi connectivity index (χ4v) is 4.48. The van der Waals surface area contributed by atoms with Crippen molar-refractivity contribution < 1.29 is 18.0 Å². The largest absolute Gasteiger partial charge is 0.392 e. The number of carbonyl (C=O) groups is 1. The van der Waals surface area contributed by atoms with E-state index in [4.69, 9.17) is 0 Å². The third kappa shape index (κ3) is 5.81. The van der Waals surface area contributed by atoms with Crippen LogP contribution in [0.5, 0.6) is 0 Å². The van der Waals surface area contributed by atoms with Gasteiger partial charge in [0.15, 0.2) is 0 Å². The Hall–Kier alpha value is -3.75. The van der Waals surface area contributed by atoms with Gasteiger partial charge in [-0.25, -0.2) is 9.97 Å². The maximum Gasteiger partial charge on any atom is 0.392 e. The molecule has 1 N–H and O–H groups in total. The Bertz CT molecular complexity index is 1320. The average Bonchev–Trinajstić information content (AvgIpc) is 3.17. The van der Waals surface area contributed by atoms with Crippen molar-refractivity contribution in [2.75, 3.05) is 5.32 Å². The summed E-state index contributed by atoms with van der Waals surface area (Å²) in [7, 11) is 0. The monoisotopic (exact) mass is 511 g/mol. The molecule has 196 valence electrons. The number of hydrogen-bond acceptors (Lipinski definition) is 4. The van der Waals surface area contributed by atoms with Gasteiger partial charge in [0.25, 0.3) is 5.91 Å². The van der Waals surface area contributed by atoms with Crippen LogP contribution in [-0.4, -0.2) is 31.6 Å². The zero-order chi connectivity index (χ0) is 26.0. The van der Waals surface area contributed by atoms with Gasteiger partial charge in [-0.1, -0.05) is 39.1 Å². The molecule has 0 saturated carbocycles. The molecule has 37 heavy (non-hydrogen) atoms. The molecule has 0 aliphatic heterocycles. The molecule has 1 aliphatic rings. The van der Waals surface area contributed by atoms with E-state index >= 15 is 0 Å². The number of fused-ring (bicyclic) bond motifs is 1. The van der Waals surface area contributed by atoms with E-state index in [9.17, 15) is 18.0 Å². The lowest BCUT2D eigenvalue weighted by atomic mass is 9.88. The molecule has 0 spiro atoms. The number of aryl methyl sites for hydroxylation is 4. The predicted octanol–water partition coefficient (Wildman–Crippen LogP) is 6.73. The van der Waals surface area contributed by atoms with Crippen LogP contribution in [-0.2, 0) is 19.3 Å². The zero-order valence-electron chi connectivity index (χ0n) is 20.5. The van der Waals surface area contributed by atoms with Crippen LogP contribution in [0.2, 0.25) is 0 Å². The van der Waals surface area contributed by atoms with Gasteiger partial charge in [-0.3, -0.25) is 14.3 Å². The molecule has 0 radical (unpaired) electrons. The molecule has 1 amide bonds. The fourth-order valence-electron chi connectivity index (χ4n) is 4.48. The van der Waals surface area contributed by atoms with Crippen LogP contribution in [0.4, 0.5) is 18.9 Å². The SMILES string of the molecule is C.C=C/C=C\n1c(C)nc(CC)c1C(=O)Nc1ccc(-c2nc3c(nc2C)CCC(C(F)(F)F)C3)cc1. The van der Waals surface area contributed by atoms with E-state index in [1.165, 1.54) is 0 Å². The predicted molar refractivity (Wildman–Crippen MR) is 140 cm³/mol. The molecular weight excluding hydrogens is 479 g/mol. The van der Waals surface area contributed by atoms with Crippen molar-refractivity contribution in [3.8, 4) is 11.3 Å². The number of nitrogens with zero attached hydrogens (tertiary/aromatic N) is 4. The van der Waals surface area contributed by atoms with Gasteiger partial charge in [0.2, 0.25) is 0 Å². The van der Waals surface area contributed by atoms with Crippen LogP contribution < -0.4 is 5.32 Å². The molecule has 2 heterocycles. The maximum absolute atomic E-state index is 13.2. The quantitative estimate of drug-likeness (QED) is 0.373. The average molecular weight is 512 g/mol. The first-order valence-corrected chi connectivity index (χ1v) is 11.8. The van der Waals surface area contributed by atoms with Crippen LogP contribution in [0.15, 0.2) is 43.0 Å². The van der Waals surface area contributed by atoms with Crippen molar-refractivity contribution in [1.29, 1.82) is 0 Å². The molecule has 4 rings (SSSR count). The van der Waals surface area contributed by atoms with Crippen molar-refractivity contribution in [1.82, 2.24) is 19.5 Å². The highest BCUT2D eigenvalue weighted by atomic mass is 19.4. The van der Waals surface area contributed by atoms with Crippen LogP contribution in [0.1, 0.15) is 59.9 Å². The summed E-state index contributed by atoms with van der Waals surface area (Å²) in [5, 5.41) is 2.91.